The van der Waals surface area contributed by atoms with Gasteiger partial charge in [0.15, 0.2) is 0 Å². The molecule has 1 aliphatic carbocycles. The van der Waals surface area contributed by atoms with E-state index in [1.165, 1.54) is 45.1 Å². The first-order valence-corrected chi connectivity index (χ1v) is 6.58. The Morgan fingerprint density at radius 3 is 2.40 bits per heavy atom. The third-order valence-electron chi connectivity index (χ3n) is 3.99. The van der Waals surface area contributed by atoms with Crippen molar-refractivity contribution in [2.24, 2.45) is 5.92 Å². The zero-order chi connectivity index (χ0) is 10.5. The van der Waals surface area contributed by atoms with Crippen molar-refractivity contribution in [3.05, 3.63) is 0 Å². The van der Waals surface area contributed by atoms with Crippen molar-refractivity contribution in [3.8, 4) is 0 Å². The molecule has 2 rings (SSSR count). The van der Waals surface area contributed by atoms with Crippen LogP contribution in [0, 0.1) is 5.92 Å². The fourth-order valence-electron chi connectivity index (χ4n) is 2.87. The minimum absolute atomic E-state index is 0.462. The Labute approximate surface area is 93.0 Å². The second kappa shape index (κ2) is 5.64. The first kappa shape index (κ1) is 11.1. The number of carbonyl (C=O) groups is 1. The fraction of sp³-hybridized carbons (Fsp3) is 0.923. The number of ketones is 1. The van der Waals surface area contributed by atoms with E-state index >= 15 is 0 Å². The maximum absolute atomic E-state index is 11.1. The van der Waals surface area contributed by atoms with E-state index in [4.69, 9.17) is 0 Å². The molecule has 0 spiro atoms. The number of nitrogens with zero attached hydrogens (tertiary/aromatic N) is 1. The summed E-state index contributed by atoms with van der Waals surface area (Å²) in [6, 6.07) is 0. The van der Waals surface area contributed by atoms with Crippen LogP contribution in [0.4, 0.5) is 0 Å². The molecule has 0 aromatic rings. The lowest BCUT2D eigenvalue weighted by molar-refractivity contribution is -0.121. The third-order valence-corrected chi connectivity index (χ3v) is 3.99. The quantitative estimate of drug-likeness (QED) is 0.712. The summed E-state index contributed by atoms with van der Waals surface area (Å²) in [6.45, 7) is 3.27. The molecule has 0 N–H and O–H groups in total. The van der Waals surface area contributed by atoms with E-state index in [9.17, 15) is 4.79 Å². The van der Waals surface area contributed by atoms with E-state index < -0.39 is 0 Å². The van der Waals surface area contributed by atoms with Gasteiger partial charge in [-0.3, -0.25) is 4.79 Å². The second-order valence-corrected chi connectivity index (χ2v) is 5.17. The van der Waals surface area contributed by atoms with Crippen LogP contribution in [-0.2, 0) is 4.79 Å². The molecule has 1 heterocycles. The molecule has 0 aromatic heterocycles. The Morgan fingerprint density at radius 1 is 1.07 bits per heavy atom. The first-order valence-electron chi connectivity index (χ1n) is 6.58. The predicted octanol–water partition coefficient (Wildman–Crippen LogP) is 2.62. The third kappa shape index (κ3) is 3.60. The summed E-state index contributed by atoms with van der Waals surface area (Å²) in [7, 11) is 0. The van der Waals surface area contributed by atoms with Gasteiger partial charge in [0.05, 0.1) is 0 Å². The molecule has 1 aliphatic heterocycles. The van der Waals surface area contributed by atoms with Gasteiger partial charge in [-0.25, -0.2) is 0 Å². The summed E-state index contributed by atoms with van der Waals surface area (Å²) < 4.78 is 0. The van der Waals surface area contributed by atoms with Crippen LogP contribution in [0.5, 0.6) is 0 Å². The number of rotatable bonds is 3. The molecule has 0 atom stereocenters. The maximum Gasteiger partial charge on any atom is 0.135 e. The smallest absolute Gasteiger partial charge is 0.135 e. The Bertz CT molecular complexity index is 199. The van der Waals surface area contributed by atoms with Gasteiger partial charge in [0.2, 0.25) is 0 Å². The topological polar surface area (TPSA) is 20.3 Å². The number of hydrogen-bond acceptors (Lipinski definition) is 2. The minimum atomic E-state index is 0.462. The summed E-state index contributed by atoms with van der Waals surface area (Å²) in [5.41, 5.74) is 0. The van der Waals surface area contributed by atoms with Crippen LogP contribution < -0.4 is 0 Å². The lowest BCUT2D eigenvalue weighted by atomic mass is 9.87. The van der Waals surface area contributed by atoms with Crippen LogP contribution in [0.15, 0.2) is 0 Å². The Hall–Kier alpha value is -0.370. The normalized spacial score (nSPS) is 25.7. The van der Waals surface area contributed by atoms with Gasteiger partial charge in [0, 0.05) is 25.9 Å². The first-order chi connectivity index (χ1) is 7.34. The van der Waals surface area contributed by atoms with Gasteiger partial charge in [-0.05, 0) is 18.9 Å². The molecule has 1 saturated heterocycles. The van der Waals surface area contributed by atoms with E-state index in [1.807, 2.05) is 0 Å². The average Bonchev–Trinajstić information content (AvgIpc) is 2.30. The van der Waals surface area contributed by atoms with Gasteiger partial charge in [-0.1, -0.05) is 32.1 Å². The van der Waals surface area contributed by atoms with Crippen LogP contribution in [-0.4, -0.2) is 30.3 Å². The van der Waals surface area contributed by atoms with Crippen molar-refractivity contribution in [2.45, 2.75) is 51.4 Å². The Balaban J connectivity index is 1.62. The molecule has 0 aromatic carbocycles. The molecular weight excluding hydrogens is 186 g/mol. The van der Waals surface area contributed by atoms with E-state index in [2.05, 4.69) is 4.90 Å². The highest BCUT2D eigenvalue weighted by Gasteiger charge is 2.18. The van der Waals surface area contributed by atoms with E-state index in [0.717, 1.165) is 31.8 Å². The molecule has 0 unspecified atom stereocenters. The number of piperidine rings is 1. The van der Waals surface area contributed by atoms with Gasteiger partial charge >= 0.3 is 0 Å². The van der Waals surface area contributed by atoms with Crippen molar-refractivity contribution >= 4 is 5.78 Å². The second-order valence-electron chi connectivity index (χ2n) is 5.17. The largest absolute Gasteiger partial charge is 0.302 e. The Morgan fingerprint density at radius 2 is 1.73 bits per heavy atom. The molecule has 2 aliphatic rings. The zero-order valence-corrected chi connectivity index (χ0v) is 9.71. The monoisotopic (exact) mass is 209 g/mol. The molecule has 2 heteroatoms. The van der Waals surface area contributed by atoms with E-state index in [0.29, 0.717) is 5.78 Å². The summed E-state index contributed by atoms with van der Waals surface area (Å²) in [5.74, 6) is 1.44. The molecule has 0 radical (unpaired) electrons. The highest BCUT2D eigenvalue weighted by atomic mass is 16.1. The van der Waals surface area contributed by atoms with Crippen molar-refractivity contribution in [2.75, 3.05) is 19.6 Å². The van der Waals surface area contributed by atoms with Crippen LogP contribution >= 0.6 is 0 Å². The highest BCUT2D eigenvalue weighted by Crippen LogP contribution is 2.26. The SMILES string of the molecule is O=C1CCN(CCC2CCCCC2)CC1. The molecule has 0 amide bonds. The minimum Gasteiger partial charge on any atom is -0.302 e. The molecule has 86 valence electrons. The van der Waals surface area contributed by atoms with Gasteiger partial charge in [0.25, 0.3) is 0 Å². The van der Waals surface area contributed by atoms with Gasteiger partial charge in [0.1, 0.15) is 5.78 Å². The van der Waals surface area contributed by atoms with Crippen molar-refractivity contribution in [3.63, 3.8) is 0 Å². The van der Waals surface area contributed by atoms with Crippen LogP contribution in [0.1, 0.15) is 51.4 Å². The lowest BCUT2D eigenvalue weighted by Crippen LogP contribution is -2.35. The summed E-state index contributed by atoms with van der Waals surface area (Å²) in [4.78, 5) is 13.6. The summed E-state index contributed by atoms with van der Waals surface area (Å²) in [6.07, 6.45) is 10.2. The van der Waals surface area contributed by atoms with Crippen molar-refractivity contribution in [1.82, 2.24) is 4.90 Å². The van der Waals surface area contributed by atoms with Crippen LogP contribution in [0.2, 0.25) is 0 Å². The average molecular weight is 209 g/mol. The van der Waals surface area contributed by atoms with Crippen LogP contribution in [0.25, 0.3) is 0 Å². The molecule has 0 bridgehead atoms. The van der Waals surface area contributed by atoms with Crippen LogP contribution in [0.3, 0.4) is 0 Å². The number of hydrogen-bond donors (Lipinski definition) is 0. The lowest BCUT2D eigenvalue weighted by Gasteiger charge is -2.29. The van der Waals surface area contributed by atoms with Gasteiger partial charge in [-0.2, -0.15) is 0 Å². The number of Topliss-reactive ketones (excluding diaryl/α,β-unsaturated/α-hetero) is 1. The Kier molecular flexibility index (Phi) is 4.18. The van der Waals surface area contributed by atoms with E-state index in [1.54, 1.807) is 0 Å². The zero-order valence-electron chi connectivity index (χ0n) is 9.71. The predicted molar refractivity (Wildman–Crippen MR) is 61.9 cm³/mol. The fourth-order valence-corrected chi connectivity index (χ4v) is 2.87. The highest BCUT2D eigenvalue weighted by molar-refractivity contribution is 5.79. The standard InChI is InChI=1S/C13H23NO/c15-13-7-10-14(11-8-13)9-6-12-4-2-1-3-5-12/h12H,1-11H2. The molecule has 1 saturated carbocycles. The molecule has 15 heavy (non-hydrogen) atoms. The maximum atomic E-state index is 11.1. The summed E-state index contributed by atoms with van der Waals surface area (Å²) in [5, 5.41) is 0. The number of likely N-dealkylation sites (tertiary alicyclic amines) is 1. The number of carbonyl (C=O) groups excluding carboxylic acids is 1. The van der Waals surface area contributed by atoms with Gasteiger partial charge in [-0.15, -0.1) is 0 Å². The molecule has 2 nitrogen and oxygen atoms in total. The summed E-state index contributed by atoms with van der Waals surface area (Å²) >= 11 is 0. The molecule has 2 fully saturated rings. The molecular formula is C13H23NO. The van der Waals surface area contributed by atoms with Crippen molar-refractivity contribution < 1.29 is 4.79 Å². The van der Waals surface area contributed by atoms with Crippen molar-refractivity contribution in [1.29, 1.82) is 0 Å². The van der Waals surface area contributed by atoms with Gasteiger partial charge < -0.3 is 4.90 Å². The van der Waals surface area contributed by atoms with E-state index in [-0.39, 0.29) is 0 Å².